The van der Waals surface area contributed by atoms with Crippen LogP contribution in [0.5, 0.6) is 0 Å². The van der Waals surface area contributed by atoms with Gasteiger partial charge in [-0.05, 0) is 20.4 Å². The molecule has 0 saturated heterocycles. The molecule has 4 heteroatoms. The molecule has 0 aliphatic rings. The third kappa shape index (κ3) is 5.94. The minimum absolute atomic E-state index is 0.386. The molecule has 0 heterocycles. The van der Waals surface area contributed by atoms with E-state index in [1.807, 2.05) is 7.05 Å². The third-order valence-electron chi connectivity index (χ3n) is 0.815. The summed E-state index contributed by atoms with van der Waals surface area (Å²) in [5, 5.41) is 14.4. The molecule has 0 fully saturated rings. The molecule has 0 aliphatic heterocycles. The fraction of sp³-hybridized carbons (Fsp3) is 1.00. The summed E-state index contributed by atoms with van der Waals surface area (Å²) >= 11 is 0. The van der Waals surface area contributed by atoms with Crippen molar-refractivity contribution in [2.24, 2.45) is 0 Å². The zero-order valence-electron chi connectivity index (χ0n) is 5.44. The highest BCUT2D eigenvalue weighted by Gasteiger charge is 1.96. The van der Waals surface area contributed by atoms with Gasteiger partial charge in [0, 0.05) is 6.54 Å². The first kappa shape index (κ1) is 7.94. The highest BCUT2D eigenvalue weighted by molar-refractivity contribution is 6.45. The van der Waals surface area contributed by atoms with Crippen molar-refractivity contribution in [3.05, 3.63) is 0 Å². The highest BCUT2D eigenvalue weighted by atomic mass is 16.2. The molecule has 0 spiro atoms. The third-order valence-corrected chi connectivity index (χ3v) is 0.815. The molecule has 0 amide bonds. The van der Waals surface area contributed by atoms with E-state index in [-0.39, 0.29) is 7.05 Å². The van der Waals surface area contributed by atoms with E-state index >= 15 is 0 Å². The molecule has 0 rings (SSSR count). The van der Waals surface area contributed by atoms with Crippen molar-refractivity contribution in [3.8, 4) is 0 Å². The van der Waals surface area contributed by atoms with Gasteiger partial charge in [-0.2, -0.15) is 0 Å². The lowest BCUT2D eigenvalue weighted by atomic mass is 9.89. The van der Waals surface area contributed by atoms with Crippen LogP contribution in [0.1, 0.15) is 0 Å². The van der Waals surface area contributed by atoms with Crippen LogP contribution in [0.3, 0.4) is 0 Å². The molecule has 0 saturated carbocycles. The Bertz CT molecular complexity index is 51.3. The van der Waals surface area contributed by atoms with Crippen LogP contribution in [0.25, 0.3) is 0 Å². The Balaban J connectivity index is 2.72. The molecule has 0 aliphatic carbocycles. The molecule has 0 aromatic rings. The second-order valence-corrected chi connectivity index (χ2v) is 1.73. The summed E-state index contributed by atoms with van der Waals surface area (Å²) in [5.74, 6) is 0. The molecular weight excluding hydrogens is 103 g/mol. The van der Waals surface area contributed by atoms with E-state index < -0.39 is 0 Å². The Labute approximate surface area is 50.6 Å². The smallest absolute Gasteiger partial charge is 0.373 e. The van der Waals surface area contributed by atoms with Crippen LogP contribution in [-0.2, 0) is 0 Å². The first-order chi connectivity index (χ1) is 3.77. The zero-order chi connectivity index (χ0) is 6.41. The monoisotopic (exact) mass is 116 g/mol. The van der Waals surface area contributed by atoms with Gasteiger partial charge in [-0.25, -0.2) is 0 Å². The topological polar surface area (TPSA) is 44.3 Å². The Kier molecular flexibility index (Phi) is 5.05. The fourth-order valence-corrected chi connectivity index (χ4v) is 0.406. The Morgan fingerprint density at radius 1 is 1.50 bits per heavy atom. The Morgan fingerprint density at radius 3 is 2.50 bits per heavy atom. The van der Waals surface area contributed by atoms with Crippen molar-refractivity contribution in [1.29, 1.82) is 0 Å². The predicted molar refractivity (Wildman–Crippen MR) is 35.8 cm³/mol. The largest absolute Gasteiger partial charge is 0.437 e. The molecular formula is C4H13BN2O. The number of rotatable bonds is 4. The van der Waals surface area contributed by atoms with E-state index in [9.17, 15) is 0 Å². The molecule has 0 atom stereocenters. The van der Waals surface area contributed by atoms with E-state index in [4.69, 9.17) is 5.02 Å². The van der Waals surface area contributed by atoms with E-state index in [1.165, 1.54) is 0 Å². The van der Waals surface area contributed by atoms with Gasteiger partial charge >= 0.3 is 7.05 Å². The lowest BCUT2D eigenvalue weighted by molar-refractivity contribution is 0.552. The normalized spacial score (nSPS) is 9.38. The highest BCUT2D eigenvalue weighted by Crippen LogP contribution is 1.62. The van der Waals surface area contributed by atoms with Crippen LogP contribution < -0.4 is 10.5 Å². The van der Waals surface area contributed by atoms with Crippen molar-refractivity contribution < 1.29 is 5.02 Å². The zero-order valence-corrected chi connectivity index (χ0v) is 5.44. The quantitative estimate of drug-likeness (QED) is 0.323. The SMILES string of the molecule is CNCCNB(C)O. The summed E-state index contributed by atoms with van der Waals surface area (Å²) in [5.41, 5.74) is 0. The van der Waals surface area contributed by atoms with Crippen LogP contribution in [-0.4, -0.2) is 32.2 Å². The van der Waals surface area contributed by atoms with Crippen molar-refractivity contribution in [2.45, 2.75) is 6.82 Å². The van der Waals surface area contributed by atoms with Crippen LogP contribution >= 0.6 is 0 Å². The van der Waals surface area contributed by atoms with Crippen LogP contribution in [0.2, 0.25) is 6.82 Å². The van der Waals surface area contributed by atoms with E-state index in [2.05, 4.69) is 10.5 Å². The second-order valence-electron chi connectivity index (χ2n) is 1.73. The minimum Gasteiger partial charge on any atom is -0.437 e. The summed E-state index contributed by atoms with van der Waals surface area (Å²) in [4.78, 5) is 0. The molecule has 0 bridgehead atoms. The first-order valence-corrected chi connectivity index (χ1v) is 2.83. The van der Waals surface area contributed by atoms with E-state index in [0.29, 0.717) is 0 Å². The molecule has 0 aromatic heterocycles. The molecule has 0 unspecified atom stereocenters. The van der Waals surface area contributed by atoms with Gasteiger partial charge in [-0.15, -0.1) is 0 Å². The minimum atomic E-state index is -0.386. The average molecular weight is 116 g/mol. The molecule has 0 radical (unpaired) electrons. The maximum absolute atomic E-state index is 8.64. The fourth-order valence-electron chi connectivity index (χ4n) is 0.406. The maximum atomic E-state index is 8.64. The van der Waals surface area contributed by atoms with Gasteiger partial charge in [0.25, 0.3) is 0 Å². The van der Waals surface area contributed by atoms with Gasteiger partial charge in [0.2, 0.25) is 0 Å². The van der Waals surface area contributed by atoms with Gasteiger partial charge in [0.15, 0.2) is 0 Å². The van der Waals surface area contributed by atoms with Crippen molar-refractivity contribution in [3.63, 3.8) is 0 Å². The molecule has 8 heavy (non-hydrogen) atoms. The van der Waals surface area contributed by atoms with Crippen molar-refractivity contribution >= 4 is 7.05 Å². The molecule has 3 N–H and O–H groups in total. The van der Waals surface area contributed by atoms with E-state index in [1.54, 1.807) is 6.82 Å². The summed E-state index contributed by atoms with van der Waals surface area (Å²) in [7, 11) is 1.49. The van der Waals surface area contributed by atoms with Gasteiger partial charge < -0.3 is 15.6 Å². The second kappa shape index (κ2) is 5.09. The van der Waals surface area contributed by atoms with Crippen molar-refractivity contribution in [2.75, 3.05) is 20.1 Å². The lowest BCUT2D eigenvalue weighted by Gasteiger charge is -2.01. The predicted octanol–water partition coefficient (Wildman–Crippen LogP) is -1.09. The lowest BCUT2D eigenvalue weighted by Crippen LogP contribution is -2.35. The molecule has 3 nitrogen and oxygen atoms in total. The number of nitrogens with one attached hydrogen (secondary N) is 2. The Hall–Kier alpha value is -0.0551. The maximum Gasteiger partial charge on any atom is 0.373 e. The summed E-state index contributed by atoms with van der Waals surface area (Å²) in [6, 6.07) is 0. The number of hydrogen-bond donors (Lipinski definition) is 3. The summed E-state index contributed by atoms with van der Waals surface area (Å²) in [6.45, 7) is 3.41. The average Bonchev–Trinajstić information content (AvgIpc) is 1.66. The van der Waals surface area contributed by atoms with E-state index in [0.717, 1.165) is 13.1 Å². The molecule has 48 valence electrons. The Morgan fingerprint density at radius 2 is 2.12 bits per heavy atom. The van der Waals surface area contributed by atoms with Crippen molar-refractivity contribution in [1.82, 2.24) is 10.5 Å². The van der Waals surface area contributed by atoms with Crippen LogP contribution in [0.4, 0.5) is 0 Å². The van der Waals surface area contributed by atoms with Gasteiger partial charge in [0.05, 0.1) is 0 Å². The summed E-state index contributed by atoms with van der Waals surface area (Å²) < 4.78 is 0. The van der Waals surface area contributed by atoms with Gasteiger partial charge in [-0.1, -0.05) is 0 Å². The van der Waals surface area contributed by atoms with Gasteiger partial charge in [-0.3, -0.25) is 0 Å². The molecule has 0 aromatic carbocycles. The van der Waals surface area contributed by atoms with Gasteiger partial charge in [0.1, 0.15) is 0 Å². The first-order valence-electron chi connectivity index (χ1n) is 2.83. The van der Waals surface area contributed by atoms with Crippen LogP contribution in [0, 0.1) is 0 Å². The number of hydrogen-bond acceptors (Lipinski definition) is 3. The standard InChI is InChI=1S/C4H13BN2O/c1-5(8)7-4-3-6-2/h6-8H,3-4H2,1-2H3. The number of likely N-dealkylation sites (N-methyl/N-ethyl adjacent to an activating group) is 1. The van der Waals surface area contributed by atoms with Crippen LogP contribution in [0.15, 0.2) is 0 Å². The summed E-state index contributed by atoms with van der Waals surface area (Å²) in [6.07, 6.45) is 0.